The second-order valence-electron chi connectivity index (χ2n) is 13.7. The molecule has 2 aliphatic carbocycles. The Balaban J connectivity index is 0.968. The van der Waals surface area contributed by atoms with Gasteiger partial charge in [0.15, 0.2) is 0 Å². The molecule has 0 aliphatic heterocycles. The van der Waals surface area contributed by atoms with E-state index in [0.717, 1.165) is 34.0 Å². The molecular weight excluding hydrogens is 669 g/mol. The van der Waals surface area contributed by atoms with Gasteiger partial charge in [-0.15, -0.1) is 22.7 Å². The van der Waals surface area contributed by atoms with Crippen LogP contribution >= 0.6 is 22.7 Å². The Morgan fingerprint density at radius 1 is 0.692 bits per heavy atom. The Morgan fingerprint density at radius 2 is 1.44 bits per heavy atom. The molecule has 0 amide bonds. The lowest BCUT2D eigenvalue weighted by Crippen LogP contribution is -2.19. The first-order chi connectivity index (χ1) is 25.6. The lowest BCUT2D eigenvalue weighted by molar-refractivity contribution is 0.657. The van der Waals surface area contributed by atoms with E-state index in [4.69, 9.17) is 9.98 Å². The van der Waals surface area contributed by atoms with Crippen LogP contribution in [0.3, 0.4) is 0 Å². The molecule has 2 atom stereocenters. The average molecular weight is 703 g/mol. The molecule has 2 aromatic heterocycles. The van der Waals surface area contributed by atoms with Gasteiger partial charge in [0.1, 0.15) is 5.01 Å². The highest BCUT2D eigenvalue weighted by molar-refractivity contribution is 7.25. The molecule has 52 heavy (non-hydrogen) atoms. The van der Waals surface area contributed by atoms with Crippen LogP contribution in [0.1, 0.15) is 51.2 Å². The molecule has 4 heteroatoms. The van der Waals surface area contributed by atoms with Gasteiger partial charge in [-0.05, 0) is 82.3 Å². The molecular formula is C48H34N2S2. The minimum Gasteiger partial charge on any atom is -0.253 e. The van der Waals surface area contributed by atoms with Crippen LogP contribution in [0.2, 0.25) is 0 Å². The summed E-state index contributed by atoms with van der Waals surface area (Å²) in [6.07, 6.45) is 12.3. The number of rotatable bonds is 6. The number of fused-ring (bicyclic) bond motifs is 9. The summed E-state index contributed by atoms with van der Waals surface area (Å²) in [5.41, 5.74) is 10.5. The van der Waals surface area contributed by atoms with E-state index in [2.05, 4.69) is 171 Å². The topological polar surface area (TPSA) is 25.2 Å². The zero-order valence-corrected chi connectivity index (χ0v) is 30.3. The number of thiazole rings is 1. The van der Waals surface area contributed by atoms with Crippen LogP contribution < -0.4 is 0 Å². The van der Waals surface area contributed by atoms with Crippen LogP contribution in [0.4, 0.5) is 0 Å². The lowest BCUT2D eigenvalue weighted by Gasteiger charge is -2.30. The van der Waals surface area contributed by atoms with E-state index in [1.165, 1.54) is 63.8 Å². The standard InChI is InChI=1S/C48H34N2S2/c1-30(35-20-23-39-38(27-35)19-18-33-21-25-43-47(46(33)39)50-48(52-43)34-12-6-3-7-13-34)49-42(32-10-4-2-5-11-32)24-17-31-16-22-40-41-28-36-14-8-9-15-37(36)29-45(41)51-44(40)26-31/h2-16,18-29,33,46H,17H2,1H3/b42-24-,49-30?. The molecule has 0 fully saturated rings. The SMILES string of the molecule is CC(=N/C(=C\Cc1ccc2c(c1)sc1cc3ccccc3cc12)c1ccccc1)c1ccc2c(c1)C=CC1C=Cc3sc(-c4ccccc4)nc3C21. The van der Waals surface area contributed by atoms with Crippen molar-refractivity contribution in [1.29, 1.82) is 0 Å². The highest BCUT2D eigenvalue weighted by Gasteiger charge is 2.33. The monoisotopic (exact) mass is 702 g/mol. The third-order valence-corrected chi connectivity index (χ3v) is 12.7. The summed E-state index contributed by atoms with van der Waals surface area (Å²) < 4.78 is 2.67. The zero-order chi connectivity index (χ0) is 34.6. The van der Waals surface area contributed by atoms with Crippen molar-refractivity contribution < 1.29 is 0 Å². The predicted octanol–water partition coefficient (Wildman–Crippen LogP) is 13.2. The fourth-order valence-corrected chi connectivity index (χ4v) is 10.0. The van der Waals surface area contributed by atoms with Crippen LogP contribution in [-0.2, 0) is 6.42 Å². The van der Waals surface area contributed by atoms with Crippen molar-refractivity contribution in [3.05, 3.63) is 190 Å². The number of aliphatic imine (C=N–C) groups is 1. The number of hydrogen-bond acceptors (Lipinski definition) is 4. The number of hydrogen-bond donors (Lipinski definition) is 0. The predicted molar refractivity (Wildman–Crippen MR) is 225 cm³/mol. The minimum atomic E-state index is 0.220. The van der Waals surface area contributed by atoms with Gasteiger partial charge in [-0.2, -0.15) is 0 Å². The fourth-order valence-electron chi connectivity index (χ4n) is 7.78. The number of thiophene rings is 1. The maximum atomic E-state index is 5.30. The summed E-state index contributed by atoms with van der Waals surface area (Å²) in [7, 11) is 0. The molecule has 248 valence electrons. The molecule has 10 rings (SSSR count). The van der Waals surface area contributed by atoms with Crippen molar-refractivity contribution in [3.63, 3.8) is 0 Å². The van der Waals surface area contributed by atoms with Crippen LogP contribution in [0.25, 0.3) is 59.4 Å². The normalized spacial score (nSPS) is 16.7. The van der Waals surface area contributed by atoms with Gasteiger partial charge in [-0.25, -0.2) is 4.98 Å². The number of aromatic nitrogens is 1. The summed E-state index contributed by atoms with van der Waals surface area (Å²) >= 11 is 3.67. The summed E-state index contributed by atoms with van der Waals surface area (Å²) in [6, 6.07) is 48.2. The van der Waals surface area contributed by atoms with E-state index >= 15 is 0 Å². The van der Waals surface area contributed by atoms with Gasteiger partial charge < -0.3 is 0 Å². The second-order valence-corrected chi connectivity index (χ2v) is 15.9. The summed E-state index contributed by atoms with van der Waals surface area (Å²) in [5, 5.41) is 6.34. The number of allylic oxidation sites excluding steroid dienone is 3. The quantitative estimate of drug-likeness (QED) is 0.158. The summed E-state index contributed by atoms with van der Waals surface area (Å²) in [6.45, 7) is 2.13. The molecule has 0 N–H and O–H groups in total. The number of nitrogens with zero attached hydrogens (tertiary/aromatic N) is 2. The van der Waals surface area contributed by atoms with E-state index in [9.17, 15) is 0 Å². The van der Waals surface area contributed by atoms with E-state index in [1.54, 1.807) is 11.3 Å². The van der Waals surface area contributed by atoms with Crippen LogP contribution in [-0.4, -0.2) is 10.7 Å². The molecule has 0 saturated carbocycles. The van der Waals surface area contributed by atoms with Gasteiger partial charge >= 0.3 is 0 Å². The maximum Gasteiger partial charge on any atom is 0.124 e. The first kappa shape index (κ1) is 31.1. The molecule has 0 spiro atoms. The largest absolute Gasteiger partial charge is 0.253 e. The first-order valence-electron chi connectivity index (χ1n) is 17.9. The molecule has 8 aromatic rings. The average Bonchev–Trinajstić information content (AvgIpc) is 3.80. The Hall–Kier alpha value is -5.68. The summed E-state index contributed by atoms with van der Waals surface area (Å²) in [5.74, 6) is 0.530. The van der Waals surface area contributed by atoms with Crippen LogP contribution in [0, 0.1) is 5.92 Å². The number of benzene rings is 6. The highest BCUT2D eigenvalue weighted by Crippen LogP contribution is 2.47. The smallest absolute Gasteiger partial charge is 0.124 e. The molecule has 0 bridgehead atoms. The lowest BCUT2D eigenvalue weighted by atomic mass is 9.74. The van der Waals surface area contributed by atoms with Crippen molar-refractivity contribution in [2.24, 2.45) is 10.9 Å². The molecule has 2 heterocycles. The molecule has 0 saturated heterocycles. The first-order valence-corrected chi connectivity index (χ1v) is 19.5. The highest BCUT2D eigenvalue weighted by atomic mass is 32.1. The minimum absolute atomic E-state index is 0.220. The van der Waals surface area contributed by atoms with Crippen molar-refractivity contribution in [1.82, 2.24) is 4.98 Å². The fraction of sp³-hybridized carbons (Fsp3) is 0.0833. The van der Waals surface area contributed by atoms with E-state index in [1.807, 2.05) is 11.3 Å². The Labute approximate surface area is 311 Å². The third-order valence-electron chi connectivity index (χ3n) is 10.5. The second kappa shape index (κ2) is 12.8. The van der Waals surface area contributed by atoms with Crippen molar-refractivity contribution in [2.45, 2.75) is 19.3 Å². The van der Waals surface area contributed by atoms with Gasteiger partial charge in [0.25, 0.3) is 0 Å². The van der Waals surface area contributed by atoms with E-state index < -0.39 is 0 Å². The van der Waals surface area contributed by atoms with Gasteiger partial charge in [0.2, 0.25) is 0 Å². The van der Waals surface area contributed by atoms with Crippen molar-refractivity contribution in [3.8, 4) is 10.6 Å². The summed E-state index contributed by atoms with van der Waals surface area (Å²) in [4.78, 5) is 11.8. The molecule has 2 unspecified atom stereocenters. The van der Waals surface area contributed by atoms with E-state index in [0.29, 0.717) is 5.92 Å². The van der Waals surface area contributed by atoms with Crippen LogP contribution in [0.5, 0.6) is 0 Å². The Morgan fingerprint density at radius 3 is 2.29 bits per heavy atom. The van der Waals surface area contributed by atoms with Gasteiger partial charge in [-0.1, -0.05) is 133 Å². The van der Waals surface area contributed by atoms with Crippen molar-refractivity contribution >= 4 is 77.2 Å². The molecule has 0 radical (unpaired) electrons. The molecule has 2 aliphatic rings. The maximum absolute atomic E-state index is 5.30. The zero-order valence-electron chi connectivity index (χ0n) is 28.7. The Bertz CT molecular complexity index is 2780. The van der Waals surface area contributed by atoms with Crippen molar-refractivity contribution in [2.75, 3.05) is 0 Å². The van der Waals surface area contributed by atoms with Gasteiger partial charge in [0, 0.05) is 43.3 Å². The third kappa shape index (κ3) is 5.56. The van der Waals surface area contributed by atoms with Crippen LogP contribution in [0.15, 0.2) is 157 Å². The van der Waals surface area contributed by atoms with E-state index in [-0.39, 0.29) is 5.92 Å². The van der Waals surface area contributed by atoms with Gasteiger partial charge in [-0.3, -0.25) is 4.99 Å². The van der Waals surface area contributed by atoms with Gasteiger partial charge in [0.05, 0.1) is 16.3 Å². The molecule has 6 aromatic carbocycles. The molecule has 2 nitrogen and oxygen atoms in total. The Kier molecular flexibility index (Phi) is 7.67.